The van der Waals surface area contributed by atoms with E-state index >= 15 is 0 Å². The van der Waals surface area contributed by atoms with Gasteiger partial charge < -0.3 is 5.32 Å². The van der Waals surface area contributed by atoms with Gasteiger partial charge in [0.1, 0.15) is 11.6 Å². The van der Waals surface area contributed by atoms with Crippen molar-refractivity contribution in [1.82, 2.24) is 29.4 Å². The Morgan fingerprint density at radius 3 is 2.83 bits per heavy atom. The van der Waals surface area contributed by atoms with Gasteiger partial charge in [-0.2, -0.15) is 5.10 Å². The predicted molar refractivity (Wildman–Crippen MR) is 112 cm³/mol. The van der Waals surface area contributed by atoms with Gasteiger partial charge in [-0.15, -0.1) is 10.2 Å². The first kappa shape index (κ1) is 19.1. The van der Waals surface area contributed by atoms with Crippen molar-refractivity contribution in [3.8, 4) is 0 Å². The number of aryl methyl sites for hydroxylation is 3. The first-order chi connectivity index (χ1) is 14.0. The van der Waals surface area contributed by atoms with Crippen molar-refractivity contribution in [2.45, 2.75) is 32.5 Å². The Hall–Kier alpha value is -3.20. The molecule has 0 aliphatic carbocycles. The van der Waals surface area contributed by atoms with Gasteiger partial charge in [0.2, 0.25) is 5.91 Å². The number of thioether (sulfide) groups is 1. The molecule has 148 valence electrons. The van der Waals surface area contributed by atoms with E-state index in [1.807, 2.05) is 36.4 Å². The number of hydrogen-bond donors (Lipinski definition) is 1. The van der Waals surface area contributed by atoms with Crippen molar-refractivity contribution in [1.29, 1.82) is 0 Å². The number of hydrogen-bond acceptors (Lipinski definition) is 6. The van der Waals surface area contributed by atoms with Crippen LogP contribution < -0.4 is 5.32 Å². The lowest BCUT2D eigenvalue weighted by Crippen LogP contribution is -2.18. The highest BCUT2D eigenvalue weighted by Crippen LogP contribution is 2.19. The Kier molecular flexibility index (Phi) is 5.30. The summed E-state index contributed by atoms with van der Waals surface area (Å²) >= 11 is 1.33. The summed E-state index contributed by atoms with van der Waals surface area (Å²) in [5.41, 5.74) is 3.94. The van der Waals surface area contributed by atoms with Gasteiger partial charge in [-0.25, -0.2) is 9.67 Å². The van der Waals surface area contributed by atoms with E-state index in [-0.39, 0.29) is 11.7 Å². The molecule has 1 aromatic carbocycles. The molecule has 0 unspecified atom stereocenters. The molecule has 29 heavy (non-hydrogen) atoms. The first-order valence-electron chi connectivity index (χ1n) is 9.19. The van der Waals surface area contributed by atoms with E-state index in [1.165, 1.54) is 17.3 Å². The number of carbonyl (C=O) groups excluding carboxylic acids is 1. The molecule has 1 N–H and O–H groups in total. The second kappa shape index (κ2) is 8.04. The van der Waals surface area contributed by atoms with Crippen LogP contribution in [0.25, 0.3) is 5.65 Å². The maximum absolute atomic E-state index is 12.5. The second-order valence-corrected chi connectivity index (χ2v) is 7.76. The number of anilines is 1. The van der Waals surface area contributed by atoms with Gasteiger partial charge >= 0.3 is 0 Å². The summed E-state index contributed by atoms with van der Waals surface area (Å²) in [6, 6.07) is 11.9. The lowest BCUT2D eigenvalue weighted by Gasteiger charge is -2.09. The molecule has 0 saturated carbocycles. The molecule has 4 rings (SSSR count). The van der Waals surface area contributed by atoms with E-state index in [1.54, 1.807) is 16.9 Å². The lowest BCUT2D eigenvalue weighted by atomic mass is 10.1. The highest BCUT2D eigenvalue weighted by molar-refractivity contribution is 7.99. The first-order valence-corrected chi connectivity index (χ1v) is 10.2. The third kappa shape index (κ3) is 4.29. The molecule has 0 spiro atoms. The van der Waals surface area contributed by atoms with Gasteiger partial charge in [-0.05, 0) is 26.3 Å². The molecule has 0 aliphatic rings. The maximum atomic E-state index is 12.5. The number of nitrogens with zero attached hydrogens (tertiary/aromatic N) is 6. The fourth-order valence-corrected chi connectivity index (χ4v) is 3.94. The molecule has 0 saturated heterocycles. The minimum atomic E-state index is -0.129. The molecule has 0 aliphatic heterocycles. The minimum Gasteiger partial charge on any atom is -0.310 e. The summed E-state index contributed by atoms with van der Waals surface area (Å²) in [7, 11) is 0. The molecule has 8 nitrogen and oxygen atoms in total. The van der Waals surface area contributed by atoms with E-state index in [0.29, 0.717) is 17.5 Å². The number of amides is 1. The zero-order valence-electron chi connectivity index (χ0n) is 16.5. The van der Waals surface area contributed by atoms with Crippen LogP contribution in [-0.4, -0.2) is 41.0 Å². The fraction of sp³-hybridized carbons (Fsp3) is 0.250. The summed E-state index contributed by atoms with van der Waals surface area (Å²) in [4.78, 5) is 16.9. The number of rotatable bonds is 6. The topological polar surface area (TPSA) is 90.0 Å². The molecular formula is C20H21N7OS. The van der Waals surface area contributed by atoms with Gasteiger partial charge in [0.05, 0.1) is 18.5 Å². The van der Waals surface area contributed by atoms with Crippen LogP contribution in [0.4, 0.5) is 5.82 Å². The van der Waals surface area contributed by atoms with Gasteiger partial charge in [0.15, 0.2) is 10.8 Å². The Morgan fingerprint density at radius 1 is 1.14 bits per heavy atom. The summed E-state index contributed by atoms with van der Waals surface area (Å²) in [6.07, 6.45) is 1.68. The Morgan fingerprint density at radius 2 is 2.00 bits per heavy atom. The zero-order chi connectivity index (χ0) is 20.4. The lowest BCUT2D eigenvalue weighted by molar-refractivity contribution is -0.113. The number of aromatic nitrogens is 6. The zero-order valence-corrected chi connectivity index (χ0v) is 17.3. The average molecular weight is 408 g/mol. The van der Waals surface area contributed by atoms with Gasteiger partial charge in [-0.1, -0.05) is 41.6 Å². The number of carbonyl (C=O) groups is 1. The molecule has 3 aromatic heterocycles. The summed E-state index contributed by atoms with van der Waals surface area (Å²) in [6.45, 7) is 6.47. The average Bonchev–Trinajstić information content (AvgIpc) is 3.27. The van der Waals surface area contributed by atoms with E-state index in [2.05, 4.69) is 44.7 Å². The third-order valence-corrected chi connectivity index (χ3v) is 5.32. The van der Waals surface area contributed by atoms with Gasteiger partial charge in [0.25, 0.3) is 0 Å². The van der Waals surface area contributed by atoms with Crippen molar-refractivity contribution in [3.05, 3.63) is 65.2 Å². The summed E-state index contributed by atoms with van der Waals surface area (Å²) < 4.78 is 3.63. The molecule has 0 radical (unpaired) electrons. The normalized spacial score (nSPS) is 11.1. The van der Waals surface area contributed by atoms with Crippen molar-refractivity contribution in [2.75, 3.05) is 11.1 Å². The molecule has 4 aromatic rings. The molecular weight excluding hydrogens is 386 g/mol. The van der Waals surface area contributed by atoms with Gasteiger partial charge in [-0.3, -0.25) is 9.20 Å². The van der Waals surface area contributed by atoms with Crippen molar-refractivity contribution < 1.29 is 4.79 Å². The van der Waals surface area contributed by atoms with Crippen molar-refractivity contribution in [3.63, 3.8) is 0 Å². The smallest absolute Gasteiger partial charge is 0.235 e. The minimum absolute atomic E-state index is 0.129. The van der Waals surface area contributed by atoms with E-state index in [9.17, 15) is 4.79 Å². The van der Waals surface area contributed by atoms with Crippen molar-refractivity contribution >= 4 is 29.1 Å². The number of nitrogens with one attached hydrogen (secondary N) is 1. The molecule has 0 atom stereocenters. The largest absolute Gasteiger partial charge is 0.310 e. The van der Waals surface area contributed by atoms with Crippen molar-refractivity contribution in [2.24, 2.45) is 0 Å². The van der Waals surface area contributed by atoms with E-state index in [4.69, 9.17) is 0 Å². The molecule has 0 bridgehead atoms. The highest BCUT2D eigenvalue weighted by atomic mass is 32.2. The monoisotopic (exact) mass is 407 g/mol. The van der Waals surface area contributed by atoms with Crippen LogP contribution in [-0.2, 0) is 11.3 Å². The molecule has 1 amide bonds. The van der Waals surface area contributed by atoms with E-state index in [0.717, 1.165) is 22.7 Å². The Labute approximate surface area is 172 Å². The van der Waals surface area contributed by atoms with Crippen LogP contribution >= 0.6 is 11.8 Å². The maximum Gasteiger partial charge on any atom is 0.235 e. The van der Waals surface area contributed by atoms with Crippen LogP contribution in [0.5, 0.6) is 0 Å². The number of benzene rings is 1. The quantitative estimate of drug-likeness (QED) is 0.494. The summed E-state index contributed by atoms with van der Waals surface area (Å²) in [5, 5.41) is 16.3. The molecule has 3 heterocycles. The summed E-state index contributed by atoms with van der Waals surface area (Å²) in [5.74, 6) is 1.54. The molecule has 9 heteroatoms. The van der Waals surface area contributed by atoms with Crippen LogP contribution in [0.15, 0.2) is 47.8 Å². The third-order valence-electron chi connectivity index (χ3n) is 4.39. The second-order valence-electron chi connectivity index (χ2n) is 6.82. The highest BCUT2D eigenvalue weighted by Gasteiger charge is 2.13. The molecule has 0 fully saturated rings. The van der Waals surface area contributed by atoms with Crippen LogP contribution in [0, 0.1) is 20.8 Å². The Balaban J connectivity index is 1.42. The van der Waals surface area contributed by atoms with Gasteiger partial charge in [0, 0.05) is 17.8 Å². The van der Waals surface area contributed by atoms with Crippen LogP contribution in [0.2, 0.25) is 0 Å². The number of fused-ring (bicyclic) bond motifs is 1. The Bertz CT molecular complexity index is 1180. The fourth-order valence-electron chi connectivity index (χ4n) is 3.15. The standard InChI is InChI=1S/C20H21N7OS/c1-13-5-4-6-16(9-13)11-26-17(7-8-21-26)23-19(28)12-29-20-25-24-18-10-14(2)22-15(3)27(18)20/h4-10H,11-12H2,1-3H3,(H,23,28). The van der Waals surface area contributed by atoms with Crippen LogP contribution in [0.3, 0.4) is 0 Å². The predicted octanol–water partition coefficient (Wildman–Crippen LogP) is 3.03. The van der Waals surface area contributed by atoms with E-state index < -0.39 is 0 Å². The van der Waals surface area contributed by atoms with Crippen LogP contribution in [0.1, 0.15) is 22.6 Å². The SMILES string of the molecule is Cc1cccc(Cn2nccc2NC(=O)CSc2nnc3cc(C)nc(C)n23)c1.